The summed E-state index contributed by atoms with van der Waals surface area (Å²) in [5.74, 6) is -0.919. The minimum atomic E-state index is -3.91. The molecule has 0 N–H and O–H groups in total. The van der Waals surface area contributed by atoms with Crippen LogP contribution in [0.3, 0.4) is 0 Å². The average molecular weight is 520 g/mol. The molecule has 0 saturated carbocycles. The van der Waals surface area contributed by atoms with Gasteiger partial charge in [0.15, 0.2) is 0 Å². The Morgan fingerprint density at radius 1 is 0.969 bits per heavy atom. The molecule has 0 atom stereocenters. The van der Waals surface area contributed by atoms with Crippen LogP contribution in [0.15, 0.2) is 76.1 Å². The molecule has 3 aromatic rings. The van der Waals surface area contributed by atoms with Gasteiger partial charge in [0.25, 0.3) is 10.0 Å². The van der Waals surface area contributed by atoms with Crippen molar-refractivity contribution >= 4 is 37.6 Å². The maximum absolute atomic E-state index is 13.4. The third-order valence-corrected chi connectivity index (χ3v) is 7.10. The Balaban J connectivity index is 1.80. The van der Waals surface area contributed by atoms with Crippen LogP contribution in [-0.4, -0.2) is 20.9 Å². The number of hydrogen-bond acceptors (Lipinski definition) is 4. The van der Waals surface area contributed by atoms with Crippen LogP contribution in [0.25, 0.3) is 0 Å². The van der Waals surface area contributed by atoms with Crippen molar-refractivity contribution in [3.8, 4) is 0 Å². The highest BCUT2D eigenvalue weighted by molar-refractivity contribution is 9.10. The number of carbonyl (C=O) groups is 1. The second kappa shape index (κ2) is 10.3. The number of rotatable bonds is 8. The highest BCUT2D eigenvalue weighted by Gasteiger charge is 2.26. The van der Waals surface area contributed by atoms with Crippen LogP contribution in [0.1, 0.15) is 23.1 Å². The minimum Gasteiger partial charge on any atom is -0.461 e. The van der Waals surface area contributed by atoms with Crippen molar-refractivity contribution in [1.82, 2.24) is 0 Å². The van der Waals surface area contributed by atoms with E-state index in [0.717, 1.165) is 15.6 Å². The molecule has 0 radical (unpaired) electrons. The molecule has 168 valence electrons. The zero-order valence-electron chi connectivity index (χ0n) is 17.7. The quantitative estimate of drug-likeness (QED) is 0.367. The number of hydrogen-bond donors (Lipinski definition) is 0. The molecule has 3 aromatic carbocycles. The van der Waals surface area contributed by atoms with Crippen LogP contribution < -0.4 is 4.31 Å². The summed E-state index contributed by atoms with van der Waals surface area (Å²) in [4.78, 5) is 12.5. The van der Waals surface area contributed by atoms with E-state index in [1.807, 2.05) is 19.9 Å². The molecular formula is C24H23BrFNO4S. The summed E-state index contributed by atoms with van der Waals surface area (Å²) in [5.41, 5.74) is 2.95. The van der Waals surface area contributed by atoms with E-state index in [2.05, 4.69) is 15.9 Å². The summed E-state index contributed by atoms with van der Waals surface area (Å²) in [6, 6.07) is 17.5. The number of sulfonamides is 1. The number of halogens is 2. The molecule has 0 spiro atoms. The number of anilines is 1. The van der Waals surface area contributed by atoms with Gasteiger partial charge in [0, 0.05) is 11.0 Å². The van der Waals surface area contributed by atoms with E-state index >= 15 is 0 Å². The maximum Gasteiger partial charge on any atom is 0.307 e. The van der Waals surface area contributed by atoms with E-state index in [0.29, 0.717) is 11.3 Å². The predicted octanol–water partition coefficient (Wildman–Crippen LogP) is 5.53. The molecule has 0 fully saturated rings. The summed E-state index contributed by atoms with van der Waals surface area (Å²) in [6.45, 7) is 3.68. The molecule has 5 nitrogen and oxygen atoms in total. The van der Waals surface area contributed by atoms with E-state index in [9.17, 15) is 17.6 Å². The highest BCUT2D eigenvalue weighted by Crippen LogP contribution is 2.27. The van der Waals surface area contributed by atoms with Crippen molar-refractivity contribution in [2.75, 3.05) is 10.8 Å². The van der Waals surface area contributed by atoms with Crippen molar-refractivity contribution in [3.63, 3.8) is 0 Å². The van der Waals surface area contributed by atoms with E-state index in [1.165, 1.54) is 40.7 Å². The van der Waals surface area contributed by atoms with Gasteiger partial charge in [-0.2, -0.15) is 0 Å². The van der Waals surface area contributed by atoms with Crippen molar-refractivity contribution in [1.29, 1.82) is 0 Å². The first-order chi connectivity index (χ1) is 15.1. The lowest BCUT2D eigenvalue weighted by atomic mass is 10.1. The van der Waals surface area contributed by atoms with Crippen LogP contribution in [0.4, 0.5) is 10.1 Å². The normalized spacial score (nSPS) is 11.2. The van der Waals surface area contributed by atoms with Crippen LogP contribution in [0.2, 0.25) is 0 Å². The molecule has 0 unspecified atom stereocenters. The van der Waals surface area contributed by atoms with Gasteiger partial charge in [-0.15, -0.1) is 0 Å². The van der Waals surface area contributed by atoms with Crippen LogP contribution in [-0.2, 0) is 26.2 Å². The number of carbonyl (C=O) groups excluding carboxylic acids is 1. The zero-order chi connectivity index (χ0) is 23.3. The van der Waals surface area contributed by atoms with Crippen LogP contribution in [0, 0.1) is 19.7 Å². The molecule has 32 heavy (non-hydrogen) atoms. The van der Waals surface area contributed by atoms with E-state index in [1.54, 1.807) is 24.3 Å². The Morgan fingerprint density at radius 2 is 1.56 bits per heavy atom. The van der Waals surface area contributed by atoms with Crippen molar-refractivity contribution in [2.45, 2.75) is 31.8 Å². The van der Waals surface area contributed by atoms with Crippen molar-refractivity contribution in [3.05, 3.63) is 93.7 Å². The van der Waals surface area contributed by atoms with Crippen molar-refractivity contribution in [2.24, 2.45) is 0 Å². The lowest BCUT2D eigenvalue weighted by molar-refractivity contribution is -0.144. The van der Waals surface area contributed by atoms with Gasteiger partial charge >= 0.3 is 5.97 Å². The van der Waals surface area contributed by atoms with E-state index in [-0.39, 0.29) is 30.3 Å². The number of benzene rings is 3. The summed E-state index contributed by atoms with van der Waals surface area (Å²) in [7, 11) is -3.91. The number of aryl methyl sites for hydroxylation is 2. The van der Waals surface area contributed by atoms with Crippen LogP contribution in [0.5, 0.6) is 0 Å². The Labute approximate surface area is 196 Å². The molecule has 8 heteroatoms. The molecule has 0 aromatic heterocycles. The fourth-order valence-electron chi connectivity index (χ4n) is 3.23. The van der Waals surface area contributed by atoms with Crippen LogP contribution >= 0.6 is 15.9 Å². The predicted molar refractivity (Wildman–Crippen MR) is 125 cm³/mol. The van der Waals surface area contributed by atoms with Gasteiger partial charge in [0.1, 0.15) is 12.4 Å². The molecule has 0 bridgehead atoms. The fourth-order valence-corrected chi connectivity index (χ4v) is 4.94. The van der Waals surface area contributed by atoms with Gasteiger partial charge in [-0.3, -0.25) is 9.10 Å². The summed E-state index contributed by atoms with van der Waals surface area (Å²) in [6.07, 6.45) is -0.135. The number of ether oxygens (including phenoxy) is 1. The monoisotopic (exact) mass is 519 g/mol. The first kappa shape index (κ1) is 23.9. The Kier molecular flexibility index (Phi) is 7.69. The largest absolute Gasteiger partial charge is 0.461 e. The summed E-state index contributed by atoms with van der Waals surface area (Å²) >= 11 is 3.31. The van der Waals surface area contributed by atoms with Gasteiger partial charge in [-0.25, -0.2) is 12.8 Å². The molecule has 0 saturated heterocycles. The second-order valence-corrected chi connectivity index (χ2v) is 10.2. The highest BCUT2D eigenvalue weighted by atomic mass is 79.9. The Hall–Kier alpha value is -2.71. The minimum absolute atomic E-state index is 0.0118. The smallest absolute Gasteiger partial charge is 0.307 e. The second-order valence-electron chi connectivity index (χ2n) is 7.41. The van der Waals surface area contributed by atoms with Gasteiger partial charge in [-0.05, 0) is 79.1 Å². The summed E-state index contributed by atoms with van der Waals surface area (Å²) in [5, 5.41) is 0. The first-order valence-corrected chi connectivity index (χ1v) is 12.1. The first-order valence-electron chi connectivity index (χ1n) is 9.92. The van der Waals surface area contributed by atoms with Gasteiger partial charge in [0.05, 0.1) is 17.0 Å². The SMILES string of the molecule is Cc1cc(C)cc(N(CCC(=O)OCc2ccc(F)cc2)S(=O)(=O)c2ccc(Br)cc2)c1. The lowest BCUT2D eigenvalue weighted by Crippen LogP contribution is -2.33. The third-order valence-electron chi connectivity index (χ3n) is 4.73. The van der Waals surface area contributed by atoms with Gasteiger partial charge in [0.2, 0.25) is 0 Å². The molecule has 0 heterocycles. The summed E-state index contributed by atoms with van der Waals surface area (Å²) < 4.78 is 47.1. The molecular weight excluding hydrogens is 497 g/mol. The topological polar surface area (TPSA) is 63.7 Å². The molecule has 3 rings (SSSR count). The molecule has 0 amide bonds. The fraction of sp³-hybridized carbons (Fsp3) is 0.208. The Morgan fingerprint density at radius 3 is 2.16 bits per heavy atom. The van der Waals surface area contributed by atoms with Gasteiger partial charge < -0.3 is 4.74 Å². The Bertz CT molecular complexity index is 1180. The number of nitrogens with zero attached hydrogens (tertiary/aromatic N) is 1. The molecule has 0 aliphatic rings. The third kappa shape index (κ3) is 6.17. The standard InChI is InChI=1S/C24H23BrFNO4S/c1-17-13-18(2)15-22(14-17)27(32(29,30)23-9-5-20(25)6-10-23)12-11-24(28)31-16-19-3-7-21(26)8-4-19/h3-10,13-15H,11-12,16H2,1-2H3. The molecule has 0 aliphatic heterocycles. The lowest BCUT2D eigenvalue weighted by Gasteiger charge is -2.25. The maximum atomic E-state index is 13.4. The van der Waals surface area contributed by atoms with Gasteiger partial charge in [-0.1, -0.05) is 34.1 Å². The number of esters is 1. The van der Waals surface area contributed by atoms with E-state index in [4.69, 9.17) is 4.74 Å². The van der Waals surface area contributed by atoms with E-state index < -0.39 is 16.0 Å². The van der Waals surface area contributed by atoms with Crippen molar-refractivity contribution < 1.29 is 22.3 Å². The zero-order valence-corrected chi connectivity index (χ0v) is 20.1. The average Bonchev–Trinajstić information content (AvgIpc) is 2.73. The molecule has 0 aliphatic carbocycles.